The molecule has 5 heteroatoms. The molecule has 0 saturated heterocycles. The molecule has 5 nitrogen and oxygen atoms in total. The van der Waals surface area contributed by atoms with Crippen LogP contribution in [0.4, 0.5) is 17.3 Å². The van der Waals surface area contributed by atoms with Crippen LogP contribution in [0.15, 0.2) is 148 Å². The van der Waals surface area contributed by atoms with Crippen molar-refractivity contribution >= 4 is 93.8 Å². The van der Waals surface area contributed by atoms with Gasteiger partial charge >= 0.3 is 0 Å². The van der Waals surface area contributed by atoms with Gasteiger partial charge in [-0.05, 0) is 86.9 Å². The molecule has 210 valence electrons. The first kappa shape index (κ1) is 24.3. The van der Waals surface area contributed by atoms with Crippen LogP contribution in [0.5, 0.6) is 0 Å². The monoisotopic (exact) mass is 577 g/mol. The van der Waals surface area contributed by atoms with E-state index in [0.717, 1.165) is 55.3 Å². The van der Waals surface area contributed by atoms with Crippen LogP contribution in [-0.2, 0) is 0 Å². The molecular formula is C40H23N3O2. The molecule has 0 spiro atoms. The van der Waals surface area contributed by atoms with E-state index >= 15 is 0 Å². The summed E-state index contributed by atoms with van der Waals surface area (Å²) >= 11 is 0. The van der Waals surface area contributed by atoms with Gasteiger partial charge in [0, 0.05) is 21.8 Å². The van der Waals surface area contributed by atoms with Gasteiger partial charge in [-0.2, -0.15) is 4.98 Å². The van der Waals surface area contributed by atoms with Gasteiger partial charge in [-0.15, -0.1) is 0 Å². The number of aromatic nitrogens is 2. The number of rotatable bonds is 3. The summed E-state index contributed by atoms with van der Waals surface area (Å²) in [5.41, 5.74) is 4.74. The standard InChI is InChI=1S/C40H23N3O2/c1-2-8-27-24(7-1)13-16-30-28-18-15-26(23-25(28)14-17-29(27)30)43(37-22-20-36-39(41-37)33-10-4-6-12-35(33)44-36)38-21-19-32-31-9-3-5-11-34(31)45-40(32)42-38/h1-23H. The maximum Gasteiger partial charge on any atom is 0.229 e. The second-order valence-corrected chi connectivity index (χ2v) is 11.4. The highest BCUT2D eigenvalue weighted by Crippen LogP contribution is 2.40. The molecular weight excluding hydrogens is 554 g/mol. The Morgan fingerprint density at radius 2 is 1.02 bits per heavy atom. The van der Waals surface area contributed by atoms with Gasteiger partial charge in [-0.3, -0.25) is 4.90 Å². The van der Waals surface area contributed by atoms with Gasteiger partial charge in [0.2, 0.25) is 5.71 Å². The van der Waals surface area contributed by atoms with E-state index in [0.29, 0.717) is 11.5 Å². The first-order chi connectivity index (χ1) is 22.3. The topological polar surface area (TPSA) is 55.3 Å². The zero-order valence-corrected chi connectivity index (χ0v) is 23.9. The number of anilines is 3. The quantitative estimate of drug-likeness (QED) is 0.196. The number of pyridine rings is 2. The number of fused-ring (bicyclic) bond motifs is 11. The molecule has 10 aromatic rings. The van der Waals surface area contributed by atoms with Gasteiger partial charge < -0.3 is 8.83 Å². The van der Waals surface area contributed by atoms with E-state index in [1.54, 1.807) is 0 Å². The number of para-hydroxylation sites is 2. The van der Waals surface area contributed by atoms with E-state index in [-0.39, 0.29) is 0 Å². The molecule has 0 aliphatic carbocycles. The predicted molar refractivity (Wildman–Crippen MR) is 184 cm³/mol. The Kier molecular flexibility index (Phi) is 4.93. The fourth-order valence-electron chi connectivity index (χ4n) is 6.76. The Hall–Kier alpha value is -6.20. The van der Waals surface area contributed by atoms with Crippen molar-refractivity contribution in [1.29, 1.82) is 0 Å². The van der Waals surface area contributed by atoms with Gasteiger partial charge in [-0.25, -0.2) is 4.98 Å². The highest BCUT2D eigenvalue weighted by Gasteiger charge is 2.20. The smallest absolute Gasteiger partial charge is 0.229 e. The van der Waals surface area contributed by atoms with Gasteiger partial charge in [0.1, 0.15) is 28.3 Å². The Balaban J connectivity index is 1.21. The molecule has 0 unspecified atom stereocenters. The summed E-state index contributed by atoms with van der Waals surface area (Å²) in [6.45, 7) is 0. The zero-order chi connectivity index (χ0) is 29.5. The summed E-state index contributed by atoms with van der Waals surface area (Å²) in [6, 6.07) is 48.2. The lowest BCUT2D eigenvalue weighted by Gasteiger charge is -2.23. The van der Waals surface area contributed by atoms with Crippen LogP contribution in [-0.4, -0.2) is 9.97 Å². The number of hydrogen-bond acceptors (Lipinski definition) is 5. The summed E-state index contributed by atoms with van der Waals surface area (Å²) in [7, 11) is 0. The van der Waals surface area contributed by atoms with E-state index in [2.05, 4.69) is 83.8 Å². The number of benzene rings is 6. The molecule has 0 amide bonds. The largest absolute Gasteiger partial charge is 0.454 e. The van der Waals surface area contributed by atoms with Crippen LogP contribution in [0.3, 0.4) is 0 Å². The Morgan fingerprint density at radius 1 is 0.400 bits per heavy atom. The molecule has 45 heavy (non-hydrogen) atoms. The second-order valence-electron chi connectivity index (χ2n) is 11.4. The number of hydrogen-bond donors (Lipinski definition) is 0. The van der Waals surface area contributed by atoms with E-state index < -0.39 is 0 Å². The van der Waals surface area contributed by atoms with Crippen molar-refractivity contribution in [2.45, 2.75) is 0 Å². The zero-order valence-electron chi connectivity index (χ0n) is 23.9. The molecule has 0 aliphatic heterocycles. The molecule has 4 heterocycles. The van der Waals surface area contributed by atoms with Crippen molar-refractivity contribution in [2.75, 3.05) is 4.90 Å². The minimum atomic E-state index is 0.590. The molecule has 0 aliphatic rings. The fourth-order valence-corrected chi connectivity index (χ4v) is 6.76. The van der Waals surface area contributed by atoms with Crippen molar-refractivity contribution in [3.05, 3.63) is 140 Å². The summed E-state index contributed by atoms with van der Waals surface area (Å²) in [6.07, 6.45) is 0. The van der Waals surface area contributed by atoms with Gasteiger partial charge in [0.15, 0.2) is 5.58 Å². The van der Waals surface area contributed by atoms with Crippen LogP contribution >= 0.6 is 0 Å². The SMILES string of the molecule is c1ccc2c(c1)ccc1c3ccc(N(c4ccc5c(n4)oc4ccccc45)c4ccc5oc6ccccc6c5n4)cc3ccc21. The average Bonchev–Trinajstić information content (AvgIpc) is 3.66. The Bertz CT molecular complexity index is 2790. The summed E-state index contributed by atoms with van der Waals surface area (Å²) in [4.78, 5) is 12.3. The average molecular weight is 578 g/mol. The molecule has 10 rings (SSSR count). The third-order valence-electron chi connectivity index (χ3n) is 8.88. The summed E-state index contributed by atoms with van der Waals surface area (Å²) in [5.74, 6) is 1.45. The Labute approximate surface area is 256 Å². The third kappa shape index (κ3) is 3.61. The summed E-state index contributed by atoms with van der Waals surface area (Å²) < 4.78 is 12.3. The molecule has 4 aromatic heterocycles. The third-order valence-corrected chi connectivity index (χ3v) is 8.88. The van der Waals surface area contributed by atoms with Crippen LogP contribution in [0.1, 0.15) is 0 Å². The first-order valence-electron chi connectivity index (χ1n) is 15.0. The van der Waals surface area contributed by atoms with Crippen LogP contribution in [0, 0.1) is 0 Å². The molecule has 0 radical (unpaired) electrons. The minimum absolute atomic E-state index is 0.590. The van der Waals surface area contributed by atoms with E-state index in [9.17, 15) is 0 Å². The maximum absolute atomic E-state index is 6.21. The number of furan rings is 2. The van der Waals surface area contributed by atoms with Gasteiger partial charge in [0.25, 0.3) is 0 Å². The normalized spacial score (nSPS) is 12.0. The van der Waals surface area contributed by atoms with Crippen molar-refractivity contribution in [2.24, 2.45) is 0 Å². The fraction of sp³-hybridized carbons (Fsp3) is 0. The lowest BCUT2D eigenvalue weighted by Crippen LogP contribution is -2.13. The van der Waals surface area contributed by atoms with E-state index in [4.69, 9.17) is 18.8 Å². The Morgan fingerprint density at radius 3 is 1.89 bits per heavy atom. The molecule has 6 aromatic carbocycles. The highest BCUT2D eigenvalue weighted by atomic mass is 16.3. The van der Waals surface area contributed by atoms with Gasteiger partial charge in [-0.1, -0.05) is 84.9 Å². The molecule has 0 atom stereocenters. The molecule has 0 fully saturated rings. The molecule has 0 bridgehead atoms. The molecule has 0 saturated carbocycles. The lowest BCUT2D eigenvalue weighted by atomic mass is 9.97. The first-order valence-corrected chi connectivity index (χ1v) is 15.0. The highest BCUT2D eigenvalue weighted by molar-refractivity contribution is 6.17. The van der Waals surface area contributed by atoms with Crippen LogP contribution < -0.4 is 4.90 Å². The van der Waals surface area contributed by atoms with Crippen molar-refractivity contribution < 1.29 is 8.83 Å². The predicted octanol–water partition coefficient (Wildman–Crippen LogP) is 11.2. The number of nitrogens with zero attached hydrogens (tertiary/aromatic N) is 3. The minimum Gasteiger partial charge on any atom is -0.454 e. The molecule has 0 N–H and O–H groups in total. The summed E-state index contributed by atoms with van der Waals surface area (Å²) in [5, 5.41) is 10.3. The van der Waals surface area contributed by atoms with E-state index in [1.165, 1.54) is 26.9 Å². The second kappa shape index (κ2) is 9.15. The maximum atomic E-state index is 6.21. The lowest BCUT2D eigenvalue weighted by molar-refractivity contribution is 0.654. The van der Waals surface area contributed by atoms with Crippen molar-refractivity contribution in [3.63, 3.8) is 0 Å². The van der Waals surface area contributed by atoms with Crippen molar-refractivity contribution in [1.82, 2.24) is 9.97 Å². The van der Waals surface area contributed by atoms with Crippen molar-refractivity contribution in [3.8, 4) is 0 Å². The van der Waals surface area contributed by atoms with Crippen LogP contribution in [0.25, 0.3) is 76.5 Å². The van der Waals surface area contributed by atoms with Crippen LogP contribution in [0.2, 0.25) is 0 Å². The van der Waals surface area contributed by atoms with E-state index in [1.807, 2.05) is 60.7 Å². The van der Waals surface area contributed by atoms with Gasteiger partial charge in [0.05, 0.1) is 0 Å².